The van der Waals surface area contributed by atoms with E-state index in [0.717, 1.165) is 45.0 Å². The van der Waals surface area contributed by atoms with Crippen LogP contribution in [0.4, 0.5) is 0 Å². The topological polar surface area (TPSA) is 88.3 Å². The molecule has 0 saturated carbocycles. The number of fused-ring (bicyclic) bond motifs is 3. The molecule has 0 aliphatic rings. The lowest BCUT2D eigenvalue weighted by atomic mass is 9.96. The first-order chi connectivity index (χ1) is 13.9. The minimum absolute atomic E-state index is 0.0904. The van der Waals surface area contributed by atoms with Crippen molar-refractivity contribution in [1.82, 2.24) is 9.71 Å². The van der Waals surface area contributed by atoms with Crippen molar-refractivity contribution in [3.63, 3.8) is 0 Å². The van der Waals surface area contributed by atoms with Gasteiger partial charge in [0.05, 0.1) is 13.4 Å². The Morgan fingerprint density at radius 2 is 1.86 bits per heavy atom. The summed E-state index contributed by atoms with van der Waals surface area (Å²) in [4.78, 5) is 15.3. The minimum Gasteiger partial charge on any atom is -0.496 e. The molecule has 0 atom stereocenters. The van der Waals surface area contributed by atoms with Crippen molar-refractivity contribution < 1.29 is 13.2 Å². The number of methoxy groups -OCH3 is 1. The average Bonchev–Trinajstić information content (AvgIpc) is 3.17. The first-order valence-electron chi connectivity index (χ1n) is 9.01. The summed E-state index contributed by atoms with van der Waals surface area (Å²) in [5, 5.41) is 3.77. The van der Waals surface area contributed by atoms with Crippen LogP contribution in [0, 0.1) is 0 Å². The Morgan fingerprint density at radius 1 is 1.10 bits per heavy atom. The normalized spacial score (nSPS) is 11.9. The molecular weight excluding hydrogens is 408 g/mol. The van der Waals surface area contributed by atoms with Crippen LogP contribution in [0.15, 0.2) is 52.6 Å². The molecule has 0 radical (unpaired) electrons. The molecule has 0 fully saturated rings. The predicted molar refractivity (Wildman–Crippen MR) is 118 cm³/mol. The van der Waals surface area contributed by atoms with Gasteiger partial charge in [0.15, 0.2) is 0 Å². The summed E-state index contributed by atoms with van der Waals surface area (Å²) < 4.78 is 31.3. The summed E-state index contributed by atoms with van der Waals surface area (Å²) >= 11 is 1.42. The van der Waals surface area contributed by atoms with Crippen molar-refractivity contribution in [3.8, 4) is 16.9 Å². The molecule has 0 spiro atoms. The van der Waals surface area contributed by atoms with E-state index in [1.165, 1.54) is 11.3 Å². The van der Waals surface area contributed by atoms with E-state index in [1.54, 1.807) is 7.11 Å². The molecule has 150 valence electrons. The predicted octanol–water partition coefficient (Wildman–Crippen LogP) is 3.51. The van der Waals surface area contributed by atoms with Crippen LogP contribution in [-0.2, 0) is 16.4 Å². The average molecular weight is 429 g/mol. The number of nitrogens with one attached hydrogen (secondary N) is 2. The third kappa shape index (κ3) is 3.91. The Bertz CT molecular complexity index is 1350. The van der Waals surface area contributed by atoms with Crippen LogP contribution in [0.25, 0.3) is 32.1 Å². The summed E-state index contributed by atoms with van der Waals surface area (Å²) in [5.74, 6) is 0.726. The van der Waals surface area contributed by atoms with Crippen LogP contribution in [0.2, 0.25) is 0 Å². The largest absolute Gasteiger partial charge is 0.496 e. The maximum Gasteiger partial charge on any atom is 0.266 e. The second-order valence-corrected chi connectivity index (χ2v) is 9.55. The molecule has 2 N–H and O–H groups in total. The molecule has 0 bridgehead atoms. The number of benzene rings is 2. The van der Waals surface area contributed by atoms with Gasteiger partial charge in [-0.25, -0.2) is 13.1 Å². The minimum atomic E-state index is -3.19. The molecule has 4 rings (SSSR count). The highest BCUT2D eigenvalue weighted by molar-refractivity contribution is 7.88. The van der Waals surface area contributed by atoms with Crippen LogP contribution in [-0.4, -0.2) is 33.3 Å². The van der Waals surface area contributed by atoms with Crippen molar-refractivity contribution >= 4 is 42.3 Å². The molecule has 6 nitrogen and oxygen atoms in total. The van der Waals surface area contributed by atoms with Gasteiger partial charge in [-0.2, -0.15) is 0 Å². The fraction of sp³-hybridized carbons (Fsp3) is 0.190. The number of aromatic amines is 1. The Hall–Kier alpha value is -2.68. The molecule has 8 heteroatoms. The molecule has 2 aromatic carbocycles. The second kappa shape index (κ2) is 7.62. The third-order valence-corrected chi connectivity index (χ3v) is 6.44. The zero-order valence-corrected chi connectivity index (χ0v) is 17.6. The Labute approximate surface area is 172 Å². The second-order valence-electron chi connectivity index (χ2n) is 6.80. The van der Waals surface area contributed by atoms with E-state index in [1.807, 2.05) is 47.8 Å². The molecule has 0 saturated heterocycles. The maximum atomic E-state index is 12.3. The number of rotatable bonds is 6. The molecule has 2 heterocycles. The van der Waals surface area contributed by atoms with Crippen molar-refractivity contribution in [3.05, 3.63) is 63.8 Å². The van der Waals surface area contributed by atoms with Gasteiger partial charge in [-0.1, -0.05) is 24.3 Å². The first-order valence-corrected chi connectivity index (χ1v) is 11.8. The number of hydrogen-bond donors (Lipinski definition) is 2. The fourth-order valence-electron chi connectivity index (χ4n) is 3.50. The van der Waals surface area contributed by atoms with Gasteiger partial charge >= 0.3 is 0 Å². The van der Waals surface area contributed by atoms with E-state index in [9.17, 15) is 13.2 Å². The summed E-state index contributed by atoms with van der Waals surface area (Å²) in [6.07, 6.45) is 1.75. The van der Waals surface area contributed by atoms with Gasteiger partial charge in [0.1, 0.15) is 10.4 Å². The Balaban J connectivity index is 1.81. The molecule has 0 aliphatic heterocycles. The summed E-state index contributed by atoms with van der Waals surface area (Å²) in [6, 6.07) is 13.6. The number of sulfonamides is 1. The summed E-state index contributed by atoms with van der Waals surface area (Å²) in [5.41, 5.74) is 3.58. The SMILES string of the molecule is COc1ccc2[nH]c(=O)c3sccc3c2c1-c1ccc(CCNS(C)(=O)=O)cc1. The van der Waals surface area contributed by atoms with Crippen LogP contribution in [0.1, 0.15) is 5.56 Å². The van der Waals surface area contributed by atoms with Crippen LogP contribution in [0.5, 0.6) is 5.75 Å². The third-order valence-electron chi connectivity index (χ3n) is 4.80. The van der Waals surface area contributed by atoms with E-state index in [4.69, 9.17) is 4.74 Å². The molecule has 0 unspecified atom stereocenters. The summed E-state index contributed by atoms with van der Waals surface area (Å²) in [6.45, 7) is 0.354. The lowest BCUT2D eigenvalue weighted by molar-refractivity contribution is 0.417. The van der Waals surface area contributed by atoms with E-state index in [0.29, 0.717) is 17.7 Å². The van der Waals surface area contributed by atoms with Gasteiger partial charge in [-0.3, -0.25) is 4.79 Å². The number of hydrogen-bond acceptors (Lipinski definition) is 5. The van der Waals surface area contributed by atoms with Gasteiger partial charge in [0, 0.05) is 28.4 Å². The number of ether oxygens (including phenoxy) is 1. The van der Waals surface area contributed by atoms with Gasteiger partial charge in [0.2, 0.25) is 10.0 Å². The van der Waals surface area contributed by atoms with Crippen molar-refractivity contribution in [2.45, 2.75) is 6.42 Å². The van der Waals surface area contributed by atoms with Gasteiger partial charge in [-0.05, 0) is 41.1 Å². The Morgan fingerprint density at radius 3 is 2.55 bits per heavy atom. The van der Waals surface area contributed by atoms with E-state index >= 15 is 0 Å². The standard InChI is InChI=1S/C21H20N2O4S2/c1-27-17-8-7-16-19(15-10-12-28-20(15)21(24)23-16)18(17)14-5-3-13(4-6-14)9-11-22-29(2,25)26/h3-8,10,12,22H,9,11H2,1-2H3,(H,23,24). The molecule has 4 aromatic rings. The summed E-state index contributed by atoms with van der Waals surface area (Å²) in [7, 11) is -1.56. The molecule has 0 aliphatic carbocycles. The van der Waals surface area contributed by atoms with Crippen LogP contribution >= 0.6 is 11.3 Å². The number of thiophene rings is 1. The van der Waals surface area contributed by atoms with E-state index < -0.39 is 10.0 Å². The maximum absolute atomic E-state index is 12.3. The molecule has 29 heavy (non-hydrogen) atoms. The quantitative estimate of drug-likeness (QED) is 0.492. The smallest absolute Gasteiger partial charge is 0.266 e. The number of H-pyrrole nitrogens is 1. The zero-order valence-electron chi connectivity index (χ0n) is 16.0. The lowest BCUT2D eigenvalue weighted by Gasteiger charge is -2.14. The monoisotopic (exact) mass is 428 g/mol. The van der Waals surface area contributed by atoms with Crippen molar-refractivity contribution in [1.29, 1.82) is 0 Å². The van der Waals surface area contributed by atoms with Crippen molar-refractivity contribution in [2.24, 2.45) is 0 Å². The van der Waals surface area contributed by atoms with Gasteiger partial charge in [-0.15, -0.1) is 11.3 Å². The number of pyridine rings is 1. The molecule has 2 aromatic heterocycles. The van der Waals surface area contributed by atoms with Gasteiger partial charge < -0.3 is 9.72 Å². The van der Waals surface area contributed by atoms with Gasteiger partial charge in [0.25, 0.3) is 5.56 Å². The van der Waals surface area contributed by atoms with E-state index in [2.05, 4.69) is 9.71 Å². The highest BCUT2D eigenvalue weighted by atomic mass is 32.2. The van der Waals surface area contributed by atoms with Crippen LogP contribution < -0.4 is 15.0 Å². The molecular formula is C21H20N2O4S2. The van der Waals surface area contributed by atoms with E-state index in [-0.39, 0.29) is 5.56 Å². The highest BCUT2D eigenvalue weighted by Crippen LogP contribution is 2.40. The zero-order chi connectivity index (χ0) is 20.6. The highest BCUT2D eigenvalue weighted by Gasteiger charge is 2.16. The van der Waals surface area contributed by atoms with Crippen LogP contribution in [0.3, 0.4) is 0 Å². The van der Waals surface area contributed by atoms with Crippen molar-refractivity contribution in [2.75, 3.05) is 19.9 Å². The first kappa shape index (κ1) is 19.6. The number of aromatic nitrogens is 1. The fourth-order valence-corrected chi connectivity index (χ4v) is 4.77. The Kier molecular flexibility index (Phi) is 5.16. The molecule has 0 amide bonds. The lowest BCUT2D eigenvalue weighted by Crippen LogP contribution is -2.24.